The molecule has 13 unspecified atom stereocenters. The maximum absolute atomic E-state index is 8.99. The van der Waals surface area contributed by atoms with Gasteiger partial charge in [0, 0.05) is 0 Å². The lowest BCUT2D eigenvalue weighted by atomic mass is 9.95. The predicted molar refractivity (Wildman–Crippen MR) is 156 cm³/mol. The third-order valence-electron chi connectivity index (χ3n) is 6.49. The highest BCUT2D eigenvalue weighted by molar-refractivity contribution is 4.93. The highest BCUT2D eigenvalue weighted by atomic mass is 16.6. The van der Waals surface area contributed by atoms with Crippen molar-refractivity contribution in [3.63, 3.8) is 0 Å². The van der Waals surface area contributed by atoms with E-state index in [0.717, 1.165) is 0 Å². The number of aliphatic hydroxyl groups excluding tert-OH is 21. The largest absolute Gasteiger partial charge is 0.394 e. The Labute approximate surface area is 288 Å². The standard InChI is InChI=1S/C6H14O8.C6H14O7.2C6H14O6/c7-1-3(9)5(11,12)6(13,14)4(10)2-8;7-1-3(9)5(11)6(12,13)4(10)2-8;2*7-1-3(9)5(11)6(12)4(10)2-8/h3-4,7-14H,1-2H2;3-5,7-13H,1-2H2;2*3-12H,1-2H2. The molecule has 27 N–H and O–H groups in total. The summed E-state index contributed by atoms with van der Waals surface area (Å²) in [6.07, 6.45) is -23.4. The van der Waals surface area contributed by atoms with Gasteiger partial charge in [0.1, 0.15) is 79.4 Å². The quantitative estimate of drug-likeness (QED) is 0.0510. The van der Waals surface area contributed by atoms with Crippen molar-refractivity contribution in [1.82, 2.24) is 0 Å². The Morgan fingerprint density at radius 2 is 0.471 bits per heavy atom. The summed E-state index contributed by atoms with van der Waals surface area (Å²) in [5.41, 5.74) is 0. The first-order valence-corrected chi connectivity index (χ1v) is 14.2. The van der Waals surface area contributed by atoms with E-state index in [1.807, 2.05) is 0 Å². The highest BCUT2D eigenvalue weighted by Crippen LogP contribution is 2.24. The molecule has 314 valence electrons. The zero-order valence-corrected chi connectivity index (χ0v) is 26.7. The minimum atomic E-state index is -3.57. The van der Waals surface area contributed by atoms with E-state index in [0.29, 0.717) is 0 Å². The first-order chi connectivity index (χ1) is 23.2. The van der Waals surface area contributed by atoms with Crippen LogP contribution >= 0.6 is 0 Å². The van der Waals surface area contributed by atoms with Crippen molar-refractivity contribution in [2.24, 2.45) is 0 Å². The summed E-state index contributed by atoms with van der Waals surface area (Å²) in [7, 11) is 0. The van der Waals surface area contributed by atoms with Gasteiger partial charge in [-0.3, -0.25) is 0 Å². The second kappa shape index (κ2) is 27.5. The Morgan fingerprint density at radius 1 is 0.275 bits per heavy atom. The number of hydrogen-bond donors (Lipinski definition) is 27. The zero-order chi connectivity index (χ0) is 41.7. The Kier molecular flexibility index (Phi) is 30.5. The van der Waals surface area contributed by atoms with Gasteiger partial charge in [0.2, 0.25) is 5.79 Å². The summed E-state index contributed by atoms with van der Waals surface area (Å²) >= 11 is 0. The minimum absolute atomic E-state index is 0.726. The number of rotatable bonds is 20. The average molecular weight is 777 g/mol. The van der Waals surface area contributed by atoms with Gasteiger partial charge in [-0.05, 0) is 0 Å². The Hall–Kier alpha value is -1.08. The van der Waals surface area contributed by atoms with E-state index in [1.165, 1.54) is 0 Å². The molecule has 0 spiro atoms. The molecule has 0 aromatic heterocycles. The van der Waals surface area contributed by atoms with Gasteiger partial charge in [0.15, 0.2) is 0 Å². The first-order valence-electron chi connectivity index (χ1n) is 14.2. The second-order valence-electron chi connectivity index (χ2n) is 10.5. The lowest BCUT2D eigenvalue weighted by molar-refractivity contribution is -0.411. The molecule has 0 saturated carbocycles. The van der Waals surface area contributed by atoms with Crippen LogP contribution in [0.15, 0.2) is 0 Å². The zero-order valence-electron chi connectivity index (χ0n) is 26.7. The number of aliphatic hydroxyl groups is 27. The molecule has 0 aliphatic rings. The van der Waals surface area contributed by atoms with Crippen molar-refractivity contribution in [2.45, 2.75) is 96.7 Å². The van der Waals surface area contributed by atoms with Crippen LogP contribution in [0.5, 0.6) is 0 Å². The van der Waals surface area contributed by atoms with Crippen LogP contribution < -0.4 is 0 Å². The molecule has 0 bridgehead atoms. The van der Waals surface area contributed by atoms with E-state index in [-0.39, 0.29) is 0 Å². The summed E-state index contributed by atoms with van der Waals surface area (Å²) in [5.74, 6) is -10.2. The lowest BCUT2D eigenvalue weighted by Gasteiger charge is -2.39. The van der Waals surface area contributed by atoms with Crippen LogP contribution in [0.3, 0.4) is 0 Å². The van der Waals surface area contributed by atoms with E-state index in [4.69, 9.17) is 138 Å². The maximum Gasteiger partial charge on any atom is 0.250 e. The van der Waals surface area contributed by atoms with E-state index in [1.54, 1.807) is 0 Å². The smallest absolute Gasteiger partial charge is 0.250 e. The van der Waals surface area contributed by atoms with Gasteiger partial charge in [-0.25, -0.2) is 0 Å². The van der Waals surface area contributed by atoms with Crippen molar-refractivity contribution in [3.8, 4) is 0 Å². The molecule has 0 rings (SSSR count). The van der Waals surface area contributed by atoms with Crippen LogP contribution in [0.25, 0.3) is 0 Å². The molecule has 0 radical (unpaired) electrons. The summed E-state index contributed by atoms with van der Waals surface area (Å²) in [6, 6.07) is 0. The minimum Gasteiger partial charge on any atom is -0.394 e. The van der Waals surface area contributed by atoms with E-state index in [9.17, 15) is 0 Å². The molecule has 0 amide bonds. The van der Waals surface area contributed by atoms with Crippen molar-refractivity contribution >= 4 is 0 Å². The van der Waals surface area contributed by atoms with Crippen molar-refractivity contribution in [3.05, 3.63) is 0 Å². The number of hydrogen-bond acceptors (Lipinski definition) is 27. The molecule has 0 aliphatic carbocycles. The fourth-order valence-electron chi connectivity index (χ4n) is 2.80. The van der Waals surface area contributed by atoms with Crippen LogP contribution in [0, 0.1) is 0 Å². The molecule has 27 heteroatoms. The topological polar surface area (TPSA) is 546 Å². The maximum atomic E-state index is 8.99. The van der Waals surface area contributed by atoms with Gasteiger partial charge in [-0.2, -0.15) is 0 Å². The molecular formula is C24H56O27. The molecule has 51 heavy (non-hydrogen) atoms. The van der Waals surface area contributed by atoms with Gasteiger partial charge in [0.05, 0.1) is 52.9 Å². The monoisotopic (exact) mass is 776 g/mol. The van der Waals surface area contributed by atoms with Gasteiger partial charge >= 0.3 is 0 Å². The van der Waals surface area contributed by atoms with Crippen LogP contribution in [0.1, 0.15) is 0 Å². The van der Waals surface area contributed by atoms with Crippen LogP contribution in [-0.2, 0) is 0 Å². The van der Waals surface area contributed by atoms with Crippen LogP contribution in [-0.4, -0.2) is 287 Å². The summed E-state index contributed by atoms with van der Waals surface area (Å²) in [5, 5.41) is 236. The fourth-order valence-corrected chi connectivity index (χ4v) is 2.80. The van der Waals surface area contributed by atoms with E-state index < -0.39 is 150 Å². The fraction of sp³-hybridized carbons (Fsp3) is 1.00. The molecule has 0 aromatic carbocycles. The predicted octanol–water partition coefficient (Wildman–Crippen LogP) is -16.4. The summed E-state index contributed by atoms with van der Waals surface area (Å²) in [4.78, 5) is 0. The first kappa shape index (κ1) is 56.7. The normalized spacial score (nSPS) is 20.1. The Bertz CT molecular complexity index is 746. The van der Waals surface area contributed by atoms with Crippen molar-refractivity contribution in [1.29, 1.82) is 0 Å². The van der Waals surface area contributed by atoms with E-state index >= 15 is 0 Å². The molecule has 13 atom stereocenters. The van der Waals surface area contributed by atoms with Crippen LogP contribution in [0.4, 0.5) is 0 Å². The molecule has 0 aromatic rings. The van der Waals surface area contributed by atoms with Gasteiger partial charge in [-0.1, -0.05) is 0 Å². The van der Waals surface area contributed by atoms with Crippen molar-refractivity contribution < 1.29 is 138 Å². The molecule has 0 saturated heterocycles. The second-order valence-corrected chi connectivity index (χ2v) is 10.5. The Balaban J connectivity index is -0.000000289. The van der Waals surface area contributed by atoms with Crippen LogP contribution in [0.2, 0.25) is 0 Å². The Morgan fingerprint density at radius 3 is 0.627 bits per heavy atom. The van der Waals surface area contributed by atoms with Gasteiger partial charge in [0.25, 0.3) is 11.6 Å². The van der Waals surface area contributed by atoms with E-state index in [2.05, 4.69) is 0 Å². The van der Waals surface area contributed by atoms with Crippen molar-refractivity contribution in [2.75, 3.05) is 52.9 Å². The molecule has 0 fully saturated rings. The lowest BCUT2D eigenvalue weighted by Crippen LogP contribution is -2.68. The molecule has 0 aliphatic heterocycles. The summed E-state index contributed by atoms with van der Waals surface area (Å²) in [6.45, 7) is -7.15. The SMILES string of the molecule is OCC(O)C(O)(O)C(O)(O)C(O)CO.OCC(O)C(O)C(O)(O)C(O)CO.OCC(O)C(O)C(O)C(O)CO.OCC(O)C(O)C(O)C(O)CO. The van der Waals surface area contributed by atoms with Gasteiger partial charge < -0.3 is 138 Å². The third-order valence-corrected chi connectivity index (χ3v) is 6.49. The molecule has 27 nitrogen and oxygen atoms in total. The molecule has 0 heterocycles. The summed E-state index contributed by atoms with van der Waals surface area (Å²) < 4.78 is 0. The molecular weight excluding hydrogens is 720 g/mol. The highest BCUT2D eigenvalue weighted by Gasteiger charge is 2.56. The third kappa shape index (κ3) is 18.7. The van der Waals surface area contributed by atoms with Gasteiger partial charge in [-0.15, -0.1) is 0 Å². The average Bonchev–Trinajstić information content (AvgIpc) is 3.13.